The van der Waals surface area contributed by atoms with Crippen LogP contribution in [0.1, 0.15) is 32.4 Å². The predicted octanol–water partition coefficient (Wildman–Crippen LogP) is 2.45. The summed E-state index contributed by atoms with van der Waals surface area (Å²) in [6.45, 7) is 4.31. The van der Waals surface area contributed by atoms with E-state index in [1.807, 2.05) is 0 Å². The molecule has 1 heterocycles. The van der Waals surface area contributed by atoms with Gasteiger partial charge in [0.05, 0.1) is 10.6 Å². The van der Waals surface area contributed by atoms with Gasteiger partial charge in [0.15, 0.2) is 5.82 Å². The van der Waals surface area contributed by atoms with Crippen molar-refractivity contribution in [2.45, 2.75) is 38.0 Å². The number of thioether (sulfide) groups is 1. The highest BCUT2D eigenvalue weighted by Crippen LogP contribution is 2.27. The first-order valence-corrected chi connectivity index (χ1v) is 5.73. The summed E-state index contributed by atoms with van der Waals surface area (Å²) in [4.78, 5) is 1.15. The number of aromatic nitrogens is 2. The lowest BCUT2D eigenvalue weighted by Gasteiger charge is -2.00. The molecule has 0 fully saturated rings. The van der Waals surface area contributed by atoms with Crippen LogP contribution in [-0.4, -0.2) is 16.0 Å². The number of nitrogen functional groups attached to an aromatic ring is 1. The van der Waals surface area contributed by atoms with Crippen LogP contribution < -0.4 is 5.73 Å². The smallest absolute Gasteiger partial charge is 0.159 e. The van der Waals surface area contributed by atoms with E-state index in [2.05, 4.69) is 24.0 Å². The van der Waals surface area contributed by atoms with E-state index in [1.54, 1.807) is 11.8 Å². The molecule has 1 aromatic heterocycles. The normalized spacial score (nSPS) is 10.6. The number of hydrogen-bond acceptors (Lipinski definition) is 3. The van der Waals surface area contributed by atoms with E-state index in [-0.39, 0.29) is 0 Å². The van der Waals surface area contributed by atoms with Crippen molar-refractivity contribution in [2.75, 3.05) is 11.5 Å². The SMILES string of the molecule is CCCCc1[nH]nc(N)c1SCC. The summed E-state index contributed by atoms with van der Waals surface area (Å²) in [7, 11) is 0. The lowest BCUT2D eigenvalue weighted by molar-refractivity contribution is 0.763. The van der Waals surface area contributed by atoms with Gasteiger partial charge in [0, 0.05) is 0 Å². The number of aryl methyl sites for hydroxylation is 1. The molecule has 4 heteroatoms. The predicted molar refractivity (Wildman–Crippen MR) is 58.0 cm³/mol. The molecular weight excluding hydrogens is 182 g/mol. The summed E-state index contributed by atoms with van der Waals surface area (Å²) in [5.41, 5.74) is 6.94. The number of nitrogens with two attached hydrogens (primary N) is 1. The number of hydrogen-bond donors (Lipinski definition) is 2. The lowest BCUT2D eigenvalue weighted by atomic mass is 10.2. The lowest BCUT2D eigenvalue weighted by Crippen LogP contribution is -1.89. The molecule has 1 rings (SSSR count). The van der Waals surface area contributed by atoms with Gasteiger partial charge in [-0.1, -0.05) is 20.3 Å². The van der Waals surface area contributed by atoms with Gasteiger partial charge in [-0.2, -0.15) is 5.10 Å². The van der Waals surface area contributed by atoms with Gasteiger partial charge in [-0.25, -0.2) is 0 Å². The minimum absolute atomic E-state index is 0.651. The van der Waals surface area contributed by atoms with Gasteiger partial charge in [0.25, 0.3) is 0 Å². The zero-order chi connectivity index (χ0) is 9.68. The number of nitrogens with one attached hydrogen (secondary N) is 1. The molecule has 0 aliphatic rings. The van der Waals surface area contributed by atoms with Gasteiger partial charge in [-0.3, -0.25) is 5.10 Å². The Kier molecular flexibility index (Phi) is 4.15. The highest BCUT2D eigenvalue weighted by molar-refractivity contribution is 7.99. The van der Waals surface area contributed by atoms with Crippen LogP contribution in [0.5, 0.6) is 0 Å². The van der Waals surface area contributed by atoms with Gasteiger partial charge < -0.3 is 5.73 Å². The maximum atomic E-state index is 5.74. The minimum Gasteiger partial charge on any atom is -0.381 e. The molecule has 0 radical (unpaired) electrons. The molecular formula is C9H17N3S. The Bertz CT molecular complexity index is 257. The second-order valence-electron chi connectivity index (χ2n) is 2.95. The minimum atomic E-state index is 0.651. The monoisotopic (exact) mass is 199 g/mol. The van der Waals surface area contributed by atoms with E-state index in [1.165, 1.54) is 18.5 Å². The molecule has 0 unspecified atom stereocenters. The summed E-state index contributed by atoms with van der Waals surface area (Å²) in [5.74, 6) is 1.70. The van der Waals surface area contributed by atoms with Gasteiger partial charge in [0.2, 0.25) is 0 Å². The Morgan fingerprint density at radius 3 is 2.85 bits per heavy atom. The molecule has 0 amide bonds. The Morgan fingerprint density at radius 2 is 2.23 bits per heavy atom. The van der Waals surface area contributed by atoms with E-state index >= 15 is 0 Å². The number of rotatable bonds is 5. The third-order valence-corrected chi connectivity index (χ3v) is 2.92. The highest BCUT2D eigenvalue weighted by Gasteiger charge is 2.09. The summed E-state index contributed by atoms with van der Waals surface area (Å²) < 4.78 is 0. The first kappa shape index (κ1) is 10.4. The Labute approximate surface area is 83.5 Å². The van der Waals surface area contributed by atoms with E-state index in [0.29, 0.717) is 5.82 Å². The van der Waals surface area contributed by atoms with E-state index < -0.39 is 0 Å². The molecule has 0 bridgehead atoms. The van der Waals surface area contributed by atoms with Crippen molar-refractivity contribution in [3.8, 4) is 0 Å². The zero-order valence-corrected chi connectivity index (χ0v) is 9.08. The number of H-pyrrole nitrogens is 1. The number of aromatic amines is 1. The highest BCUT2D eigenvalue weighted by atomic mass is 32.2. The summed E-state index contributed by atoms with van der Waals surface area (Å²) in [5, 5.41) is 7.02. The van der Waals surface area contributed by atoms with Crippen LogP contribution in [0.15, 0.2) is 4.90 Å². The first-order valence-electron chi connectivity index (χ1n) is 4.75. The van der Waals surface area contributed by atoms with Crippen molar-refractivity contribution in [3.63, 3.8) is 0 Å². The average Bonchev–Trinajstić information content (AvgIpc) is 2.46. The molecule has 0 saturated carbocycles. The van der Waals surface area contributed by atoms with E-state index in [0.717, 1.165) is 17.1 Å². The maximum Gasteiger partial charge on any atom is 0.159 e. The third-order valence-electron chi connectivity index (χ3n) is 1.89. The molecule has 0 aromatic carbocycles. The first-order chi connectivity index (χ1) is 6.29. The Hall–Kier alpha value is -0.640. The van der Waals surface area contributed by atoms with Crippen LogP contribution in [-0.2, 0) is 6.42 Å². The van der Waals surface area contributed by atoms with Crippen LogP contribution in [0.2, 0.25) is 0 Å². The van der Waals surface area contributed by atoms with Crippen molar-refractivity contribution in [3.05, 3.63) is 5.69 Å². The zero-order valence-electron chi connectivity index (χ0n) is 8.26. The third kappa shape index (κ3) is 2.66. The van der Waals surface area contributed by atoms with Gasteiger partial charge >= 0.3 is 0 Å². The fourth-order valence-electron chi connectivity index (χ4n) is 1.21. The molecule has 3 N–H and O–H groups in total. The number of anilines is 1. The fraction of sp³-hybridized carbons (Fsp3) is 0.667. The van der Waals surface area contributed by atoms with Crippen LogP contribution in [0.3, 0.4) is 0 Å². The largest absolute Gasteiger partial charge is 0.381 e. The van der Waals surface area contributed by atoms with Gasteiger partial charge in [-0.05, 0) is 18.6 Å². The van der Waals surface area contributed by atoms with Crippen LogP contribution in [0.4, 0.5) is 5.82 Å². The molecule has 0 atom stereocenters. The standard InChI is InChI=1S/C9H17N3S/c1-3-5-6-7-8(13-4-2)9(10)12-11-7/h3-6H2,1-2H3,(H3,10,11,12). The average molecular weight is 199 g/mol. The van der Waals surface area contributed by atoms with Crippen molar-refractivity contribution in [2.24, 2.45) is 0 Å². The molecule has 13 heavy (non-hydrogen) atoms. The molecule has 1 aromatic rings. The van der Waals surface area contributed by atoms with Crippen molar-refractivity contribution in [1.29, 1.82) is 0 Å². The van der Waals surface area contributed by atoms with Gasteiger partial charge in [0.1, 0.15) is 0 Å². The van der Waals surface area contributed by atoms with E-state index in [4.69, 9.17) is 5.73 Å². The van der Waals surface area contributed by atoms with Crippen molar-refractivity contribution in [1.82, 2.24) is 10.2 Å². The second-order valence-corrected chi connectivity index (χ2v) is 4.23. The molecule has 0 saturated heterocycles. The Balaban J connectivity index is 2.68. The Morgan fingerprint density at radius 1 is 1.46 bits per heavy atom. The number of nitrogens with zero attached hydrogens (tertiary/aromatic N) is 1. The van der Waals surface area contributed by atoms with Crippen molar-refractivity contribution < 1.29 is 0 Å². The van der Waals surface area contributed by atoms with Gasteiger partial charge in [-0.15, -0.1) is 11.8 Å². The van der Waals surface area contributed by atoms with Crippen LogP contribution >= 0.6 is 11.8 Å². The quantitative estimate of drug-likeness (QED) is 0.716. The summed E-state index contributed by atoms with van der Waals surface area (Å²) in [6, 6.07) is 0. The molecule has 74 valence electrons. The second kappa shape index (κ2) is 5.17. The summed E-state index contributed by atoms with van der Waals surface area (Å²) >= 11 is 1.77. The topological polar surface area (TPSA) is 54.7 Å². The molecule has 3 nitrogen and oxygen atoms in total. The fourth-order valence-corrected chi connectivity index (χ4v) is 2.02. The van der Waals surface area contributed by atoms with E-state index in [9.17, 15) is 0 Å². The van der Waals surface area contributed by atoms with Crippen molar-refractivity contribution >= 4 is 17.6 Å². The van der Waals surface area contributed by atoms with Crippen LogP contribution in [0.25, 0.3) is 0 Å². The number of unbranched alkanes of at least 4 members (excludes halogenated alkanes) is 1. The van der Waals surface area contributed by atoms with Crippen LogP contribution in [0, 0.1) is 0 Å². The molecule has 0 spiro atoms. The molecule has 0 aliphatic carbocycles. The molecule has 0 aliphatic heterocycles. The summed E-state index contributed by atoms with van der Waals surface area (Å²) in [6.07, 6.45) is 3.46. The maximum absolute atomic E-state index is 5.74.